The molecule has 1 saturated heterocycles. The maximum atomic E-state index is 11.0. The number of carbonyl (C=O) groups is 2. The van der Waals surface area contributed by atoms with Gasteiger partial charge in [-0.1, -0.05) is 6.92 Å². The topological polar surface area (TPSA) is 93.5 Å². The van der Waals surface area contributed by atoms with Crippen LogP contribution in [0.25, 0.3) is 0 Å². The Balaban J connectivity index is 2.32. The second-order valence-electron chi connectivity index (χ2n) is 3.77. The smallest absolute Gasteiger partial charge is 0.323 e. The number of nitrogens with one attached hydrogen (secondary N) is 2. The summed E-state index contributed by atoms with van der Waals surface area (Å²) in [7, 11) is 0. The Hall–Kier alpha value is -1.14. The zero-order valence-corrected chi connectivity index (χ0v) is 8.13. The normalized spacial score (nSPS) is 25.9. The van der Waals surface area contributed by atoms with Gasteiger partial charge in [-0.3, -0.25) is 15.0 Å². The van der Waals surface area contributed by atoms with Crippen LogP contribution in [0, 0.1) is 5.41 Å². The lowest BCUT2D eigenvalue weighted by atomic mass is 9.90. The predicted octanol–water partition coefficient (Wildman–Crippen LogP) is -1.48. The molecule has 0 spiro atoms. The molecule has 0 bridgehead atoms. The van der Waals surface area contributed by atoms with Gasteiger partial charge < -0.3 is 10.1 Å². The highest BCUT2D eigenvalue weighted by Gasteiger charge is 2.30. The van der Waals surface area contributed by atoms with Crippen molar-refractivity contribution >= 4 is 11.8 Å². The first kappa shape index (κ1) is 10.9. The van der Waals surface area contributed by atoms with E-state index in [-0.39, 0.29) is 5.41 Å². The van der Waals surface area contributed by atoms with Crippen LogP contribution in [0.5, 0.6) is 0 Å². The molecule has 1 unspecified atom stereocenters. The molecule has 0 aromatic carbocycles. The number of hydrogen-bond donors (Lipinski definition) is 3. The van der Waals surface area contributed by atoms with Crippen LogP contribution in [-0.4, -0.2) is 31.6 Å². The Morgan fingerprint density at radius 2 is 2.21 bits per heavy atom. The van der Waals surface area contributed by atoms with Gasteiger partial charge in [0.15, 0.2) is 0 Å². The van der Waals surface area contributed by atoms with Crippen LogP contribution in [0.1, 0.15) is 13.3 Å². The molecule has 1 rings (SSSR count). The van der Waals surface area contributed by atoms with Crippen LogP contribution in [-0.2, 0) is 14.3 Å². The van der Waals surface area contributed by atoms with Gasteiger partial charge in [-0.25, -0.2) is 5.84 Å². The second kappa shape index (κ2) is 4.39. The number of nitrogens with two attached hydrogens (primary N) is 1. The van der Waals surface area contributed by atoms with Gasteiger partial charge in [0.05, 0.1) is 6.61 Å². The predicted molar refractivity (Wildman–Crippen MR) is 48.9 cm³/mol. The highest BCUT2D eigenvalue weighted by molar-refractivity contribution is 6.34. The summed E-state index contributed by atoms with van der Waals surface area (Å²) in [5.74, 6) is 3.27. The molecule has 80 valence electrons. The van der Waals surface area contributed by atoms with Crippen LogP contribution in [0.3, 0.4) is 0 Å². The summed E-state index contributed by atoms with van der Waals surface area (Å²) in [5, 5.41) is 2.50. The average Bonchev–Trinajstić information content (AvgIpc) is 2.61. The maximum absolute atomic E-state index is 11.0. The standard InChI is InChI=1S/C8H15N3O3/c1-8(2-3-14-5-8)4-10-6(12)7(13)11-9/h2-5,9H2,1H3,(H,10,12)(H,11,13). The van der Waals surface area contributed by atoms with Gasteiger partial charge in [-0.05, 0) is 6.42 Å². The summed E-state index contributed by atoms with van der Waals surface area (Å²) in [6, 6.07) is 0. The summed E-state index contributed by atoms with van der Waals surface area (Å²) in [6.07, 6.45) is 0.886. The Morgan fingerprint density at radius 1 is 1.50 bits per heavy atom. The van der Waals surface area contributed by atoms with Crippen molar-refractivity contribution in [3.8, 4) is 0 Å². The van der Waals surface area contributed by atoms with Gasteiger partial charge >= 0.3 is 11.8 Å². The third-order valence-corrected chi connectivity index (χ3v) is 2.31. The molecule has 0 aliphatic carbocycles. The number of rotatable bonds is 2. The van der Waals surface area contributed by atoms with Crippen molar-refractivity contribution in [1.82, 2.24) is 10.7 Å². The van der Waals surface area contributed by atoms with Gasteiger partial charge in [-0.2, -0.15) is 0 Å². The van der Waals surface area contributed by atoms with E-state index in [2.05, 4.69) is 5.32 Å². The van der Waals surface area contributed by atoms with E-state index in [1.807, 2.05) is 6.92 Å². The van der Waals surface area contributed by atoms with Crippen LogP contribution < -0.4 is 16.6 Å². The highest BCUT2D eigenvalue weighted by atomic mass is 16.5. The van der Waals surface area contributed by atoms with E-state index in [0.717, 1.165) is 6.42 Å². The van der Waals surface area contributed by atoms with E-state index in [0.29, 0.717) is 19.8 Å². The lowest BCUT2D eigenvalue weighted by molar-refractivity contribution is -0.139. The molecule has 1 heterocycles. The van der Waals surface area contributed by atoms with Crippen molar-refractivity contribution in [1.29, 1.82) is 0 Å². The summed E-state index contributed by atoms with van der Waals surface area (Å²) in [4.78, 5) is 21.8. The van der Waals surface area contributed by atoms with Gasteiger partial charge in [-0.15, -0.1) is 0 Å². The summed E-state index contributed by atoms with van der Waals surface area (Å²) < 4.78 is 5.20. The number of ether oxygens (including phenoxy) is 1. The van der Waals surface area contributed by atoms with Crippen molar-refractivity contribution in [2.45, 2.75) is 13.3 Å². The van der Waals surface area contributed by atoms with Crippen LogP contribution >= 0.6 is 0 Å². The molecule has 0 radical (unpaired) electrons. The largest absolute Gasteiger partial charge is 0.381 e. The lowest BCUT2D eigenvalue weighted by Gasteiger charge is -2.21. The van der Waals surface area contributed by atoms with Crippen molar-refractivity contribution in [2.24, 2.45) is 11.3 Å². The Bertz CT molecular complexity index is 236. The van der Waals surface area contributed by atoms with Gasteiger partial charge in [0, 0.05) is 18.6 Å². The summed E-state index contributed by atoms with van der Waals surface area (Å²) >= 11 is 0. The quantitative estimate of drug-likeness (QED) is 0.220. The monoisotopic (exact) mass is 201 g/mol. The molecule has 1 aliphatic heterocycles. The van der Waals surface area contributed by atoms with Crippen molar-refractivity contribution in [3.05, 3.63) is 0 Å². The minimum atomic E-state index is -0.826. The fourth-order valence-electron chi connectivity index (χ4n) is 1.29. The third kappa shape index (κ3) is 2.68. The fourth-order valence-corrected chi connectivity index (χ4v) is 1.29. The van der Waals surface area contributed by atoms with E-state index in [1.54, 1.807) is 5.43 Å². The van der Waals surface area contributed by atoms with Crippen LogP contribution in [0.2, 0.25) is 0 Å². The minimum Gasteiger partial charge on any atom is -0.381 e. The molecule has 0 saturated carbocycles. The molecule has 0 aromatic heterocycles. The lowest BCUT2D eigenvalue weighted by Crippen LogP contribution is -2.46. The Morgan fingerprint density at radius 3 is 2.71 bits per heavy atom. The summed E-state index contributed by atoms with van der Waals surface area (Å²) in [5.41, 5.74) is 1.71. The van der Waals surface area contributed by atoms with E-state index in [1.165, 1.54) is 0 Å². The van der Waals surface area contributed by atoms with Gasteiger partial charge in [0.2, 0.25) is 0 Å². The molecule has 1 fully saturated rings. The molecule has 4 N–H and O–H groups in total. The molecule has 1 aliphatic rings. The zero-order valence-electron chi connectivity index (χ0n) is 8.13. The Kier molecular flexibility index (Phi) is 3.43. The van der Waals surface area contributed by atoms with Crippen LogP contribution in [0.4, 0.5) is 0 Å². The van der Waals surface area contributed by atoms with Crippen molar-refractivity contribution in [3.63, 3.8) is 0 Å². The molecule has 6 nitrogen and oxygen atoms in total. The first-order valence-corrected chi connectivity index (χ1v) is 4.44. The van der Waals surface area contributed by atoms with Crippen LogP contribution in [0.15, 0.2) is 0 Å². The van der Waals surface area contributed by atoms with Gasteiger partial charge in [0.1, 0.15) is 0 Å². The number of amides is 2. The number of hydrazine groups is 1. The molecular weight excluding hydrogens is 186 g/mol. The van der Waals surface area contributed by atoms with E-state index in [9.17, 15) is 9.59 Å². The average molecular weight is 201 g/mol. The van der Waals surface area contributed by atoms with Gasteiger partial charge in [0.25, 0.3) is 0 Å². The number of hydrogen-bond acceptors (Lipinski definition) is 4. The molecule has 2 amide bonds. The first-order chi connectivity index (χ1) is 6.57. The van der Waals surface area contributed by atoms with Crippen molar-refractivity contribution < 1.29 is 14.3 Å². The van der Waals surface area contributed by atoms with E-state index >= 15 is 0 Å². The minimum absolute atomic E-state index is 0.0649. The molecular formula is C8H15N3O3. The van der Waals surface area contributed by atoms with E-state index < -0.39 is 11.8 Å². The first-order valence-electron chi connectivity index (χ1n) is 4.44. The number of carbonyl (C=O) groups excluding carboxylic acids is 2. The molecule has 14 heavy (non-hydrogen) atoms. The summed E-state index contributed by atoms with van der Waals surface area (Å²) in [6.45, 7) is 3.74. The molecule has 6 heteroatoms. The second-order valence-corrected chi connectivity index (χ2v) is 3.77. The zero-order chi connectivity index (χ0) is 10.6. The molecule has 0 aromatic rings. The molecule has 1 atom stereocenters. The SMILES string of the molecule is CC1(CNC(=O)C(=O)NN)CCOC1. The fraction of sp³-hybridized carbons (Fsp3) is 0.750. The maximum Gasteiger partial charge on any atom is 0.323 e. The highest BCUT2D eigenvalue weighted by Crippen LogP contribution is 2.26. The third-order valence-electron chi connectivity index (χ3n) is 2.31. The van der Waals surface area contributed by atoms with Crippen molar-refractivity contribution in [2.75, 3.05) is 19.8 Å². The van der Waals surface area contributed by atoms with E-state index in [4.69, 9.17) is 10.6 Å². The Labute approximate surface area is 82.1 Å².